The van der Waals surface area contributed by atoms with Crippen LogP contribution in [0.5, 0.6) is 23.0 Å². The zero-order chi connectivity index (χ0) is 50.7. The van der Waals surface area contributed by atoms with E-state index in [1.807, 2.05) is 72.8 Å². The first kappa shape index (κ1) is 46.2. The third kappa shape index (κ3) is 6.94. The summed E-state index contributed by atoms with van der Waals surface area (Å²) in [5.41, 5.74) is 14.2. The summed E-state index contributed by atoms with van der Waals surface area (Å²) in [6.07, 6.45) is 0. The highest BCUT2D eigenvalue weighted by molar-refractivity contribution is 9.10. The molecule has 12 heteroatoms. The summed E-state index contributed by atoms with van der Waals surface area (Å²) in [6, 6.07) is 75.4. The summed E-state index contributed by atoms with van der Waals surface area (Å²) in [5, 5.41) is 39.8. The number of ether oxygens (including phenoxy) is 2. The van der Waals surface area contributed by atoms with Crippen LogP contribution in [0.15, 0.2) is 235 Å². The first-order chi connectivity index (χ1) is 36.1. The van der Waals surface area contributed by atoms with Crippen molar-refractivity contribution in [1.29, 1.82) is 0 Å². The van der Waals surface area contributed by atoms with E-state index in [1.165, 1.54) is 57.6 Å². The molecule has 0 radical (unpaired) electrons. The molecule has 0 saturated heterocycles. The van der Waals surface area contributed by atoms with E-state index in [4.69, 9.17) is 19.5 Å². The number of nitro groups is 2. The largest absolute Gasteiger partial charge is 0.495 e. The van der Waals surface area contributed by atoms with Crippen LogP contribution in [0.4, 0.5) is 11.4 Å². The van der Waals surface area contributed by atoms with E-state index in [-0.39, 0.29) is 27.2 Å². The van der Waals surface area contributed by atoms with E-state index < -0.39 is 17.5 Å². The Hall–Kier alpha value is -8.94. The number of halogens is 1. The fraction of sp³-hybridized carbons (Fsp3) is 0.0323. The zero-order valence-corrected chi connectivity index (χ0v) is 40.7. The van der Waals surface area contributed by atoms with Crippen molar-refractivity contribution >= 4 is 39.9 Å². The first-order valence-corrected chi connectivity index (χ1v) is 24.6. The van der Waals surface area contributed by atoms with Crippen LogP contribution in [0.2, 0.25) is 0 Å². The fourth-order valence-corrected chi connectivity index (χ4v) is 12.4. The number of hydrogen-bond acceptors (Lipinski definition) is 8. The van der Waals surface area contributed by atoms with Crippen molar-refractivity contribution in [1.82, 2.24) is 0 Å². The lowest BCUT2D eigenvalue weighted by Gasteiger charge is -2.40. The lowest BCUT2D eigenvalue weighted by molar-refractivity contribution is -0.384. The number of nitro benzene ring substituents is 2. The lowest BCUT2D eigenvalue weighted by atomic mass is 9.64. The molecule has 0 fully saturated rings. The Morgan fingerprint density at radius 1 is 0.365 bits per heavy atom. The van der Waals surface area contributed by atoms with Crippen molar-refractivity contribution in [3.05, 3.63) is 300 Å². The minimum atomic E-state index is -1.80. The van der Waals surface area contributed by atoms with Gasteiger partial charge in [-0.2, -0.15) is 0 Å². The fourth-order valence-electron chi connectivity index (χ4n) is 11.7. The number of rotatable bonds is 4. The second-order valence-corrected chi connectivity index (χ2v) is 19.0. The minimum Gasteiger partial charge on any atom is -0.457 e. The molecule has 10 aromatic rings. The molecule has 4 aliphatic rings. The molecule has 10 nitrogen and oxygen atoms in total. The Bertz CT molecular complexity index is 3820. The van der Waals surface area contributed by atoms with Gasteiger partial charge in [-0.25, -0.2) is 0 Å². The monoisotopic (exact) mass is 1030 g/mol. The highest BCUT2D eigenvalue weighted by atomic mass is 79.9. The standard InChI is InChI=1S/C31H19NO3.C25H15BrO.C6H6BNO4/c33-32(34)27-17-6-2-11-21(27)23-13-9-12-22-20-10-1-3-14-24(20)31(30(22)23)25-15-4-7-18-28(25)35-29-19-8-5-16-26(29)31;26-21-13-7-9-17-16-8-1-2-10-18(16)25(24(17)21)19-11-3-5-14-22(19)27-23-15-6-4-12-20(23)25;9-7(10)5-3-1-2-4-6(5)8(11)12/h1-19H;1-15H;1-4,9-10H. The number of para-hydroxylation sites is 6. The summed E-state index contributed by atoms with van der Waals surface area (Å²) in [6.45, 7) is 0. The van der Waals surface area contributed by atoms with Crippen LogP contribution in [-0.4, -0.2) is 27.0 Å². The molecular weight excluding hydrogens is 991 g/mol. The normalized spacial score (nSPS) is 13.4. The molecule has 14 rings (SSSR count). The second kappa shape index (κ2) is 18.3. The van der Waals surface area contributed by atoms with Crippen LogP contribution >= 0.6 is 15.9 Å². The Morgan fingerprint density at radius 3 is 1.14 bits per heavy atom. The quantitative estimate of drug-likeness (QED) is 0.101. The van der Waals surface area contributed by atoms with E-state index in [0.29, 0.717) is 5.56 Å². The molecule has 0 amide bonds. The van der Waals surface area contributed by atoms with Crippen molar-refractivity contribution in [2.45, 2.75) is 10.8 Å². The highest BCUT2D eigenvalue weighted by Crippen LogP contribution is 2.65. The molecule has 2 spiro atoms. The second-order valence-electron chi connectivity index (χ2n) is 18.1. The molecule has 0 atom stereocenters. The maximum atomic E-state index is 12.1. The van der Waals surface area contributed by atoms with Crippen LogP contribution in [0.25, 0.3) is 33.4 Å². The van der Waals surface area contributed by atoms with Gasteiger partial charge in [-0.1, -0.05) is 198 Å². The van der Waals surface area contributed by atoms with Gasteiger partial charge in [0.2, 0.25) is 0 Å². The Balaban J connectivity index is 0.000000126. The van der Waals surface area contributed by atoms with E-state index in [0.717, 1.165) is 66.4 Å². The van der Waals surface area contributed by atoms with Crippen LogP contribution < -0.4 is 14.9 Å². The van der Waals surface area contributed by atoms with Gasteiger partial charge in [-0.05, 0) is 86.5 Å². The van der Waals surface area contributed by atoms with Gasteiger partial charge in [0.25, 0.3) is 11.4 Å². The van der Waals surface area contributed by atoms with Gasteiger partial charge in [-0.15, -0.1) is 0 Å². The molecular formula is C62H40BBrN2O8. The van der Waals surface area contributed by atoms with Gasteiger partial charge in [0, 0.05) is 38.9 Å². The molecule has 356 valence electrons. The van der Waals surface area contributed by atoms with Crippen molar-refractivity contribution < 1.29 is 29.4 Å². The van der Waals surface area contributed by atoms with Gasteiger partial charge in [-0.3, -0.25) is 20.2 Å². The highest BCUT2D eigenvalue weighted by Gasteiger charge is 2.54. The third-order valence-electron chi connectivity index (χ3n) is 14.5. The Morgan fingerprint density at radius 2 is 0.689 bits per heavy atom. The molecule has 74 heavy (non-hydrogen) atoms. The van der Waals surface area contributed by atoms with Gasteiger partial charge in [0.1, 0.15) is 23.0 Å². The van der Waals surface area contributed by atoms with Crippen LogP contribution in [-0.2, 0) is 10.8 Å². The van der Waals surface area contributed by atoms with E-state index in [2.05, 4.69) is 137 Å². The molecule has 0 aromatic heterocycles. The lowest BCUT2D eigenvalue weighted by Crippen LogP contribution is -2.32. The molecule has 0 bridgehead atoms. The van der Waals surface area contributed by atoms with Gasteiger partial charge in [0.05, 0.1) is 31.7 Å². The van der Waals surface area contributed by atoms with Gasteiger partial charge < -0.3 is 19.5 Å². The van der Waals surface area contributed by atoms with Crippen molar-refractivity contribution in [3.8, 4) is 56.4 Å². The molecule has 2 N–H and O–H groups in total. The average Bonchev–Trinajstić information content (AvgIpc) is 3.95. The summed E-state index contributed by atoms with van der Waals surface area (Å²) in [5.74, 6) is 3.45. The van der Waals surface area contributed by atoms with Crippen LogP contribution in [0.3, 0.4) is 0 Å². The van der Waals surface area contributed by atoms with E-state index in [1.54, 1.807) is 12.1 Å². The predicted octanol–water partition coefficient (Wildman–Crippen LogP) is 13.9. The smallest absolute Gasteiger partial charge is 0.457 e. The zero-order valence-electron chi connectivity index (χ0n) is 39.1. The number of benzene rings is 10. The summed E-state index contributed by atoms with van der Waals surface area (Å²) in [7, 11) is -1.80. The number of fused-ring (bicyclic) bond motifs is 18. The molecule has 10 aromatic carbocycles. The van der Waals surface area contributed by atoms with Crippen LogP contribution in [0.1, 0.15) is 44.5 Å². The van der Waals surface area contributed by atoms with E-state index >= 15 is 0 Å². The topological polar surface area (TPSA) is 145 Å². The molecule has 2 heterocycles. The number of nitrogens with zero attached hydrogens (tertiary/aromatic N) is 2. The maximum absolute atomic E-state index is 12.1. The number of hydrogen-bond donors (Lipinski definition) is 2. The SMILES string of the molecule is Brc1cccc2c1C1(c3ccccc3Oc3ccccc31)c1ccccc1-2.O=[N+]([O-])c1ccccc1-c1cccc2c1C1(c3ccccc3Oc3ccccc31)c1ccccc1-2.O=[N+]([O-])c1ccccc1B(O)O. The molecule has 0 unspecified atom stereocenters. The van der Waals surface area contributed by atoms with E-state index in [9.17, 15) is 20.2 Å². The van der Waals surface area contributed by atoms with Gasteiger partial charge in [0.15, 0.2) is 0 Å². The molecule has 0 saturated carbocycles. The van der Waals surface area contributed by atoms with Crippen molar-refractivity contribution in [3.63, 3.8) is 0 Å². The molecule has 2 aliphatic carbocycles. The van der Waals surface area contributed by atoms with Crippen molar-refractivity contribution in [2.75, 3.05) is 0 Å². The maximum Gasteiger partial charge on any atom is 0.495 e. The summed E-state index contributed by atoms with van der Waals surface area (Å²) < 4.78 is 13.8. The van der Waals surface area contributed by atoms with Gasteiger partial charge >= 0.3 is 7.12 Å². The Kier molecular flexibility index (Phi) is 11.4. The molecule has 2 aliphatic heterocycles. The van der Waals surface area contributed by atoms with Crippen LogP contribution in [0, 0.1) is 20.2 Å². The van der Waals surface area contributed by atoms with Crippen molar-refractivity contribution in [2.24, 2.45) is 0 Å². The predicted molar refractivity (Wildman–Crippen MR) is 290 cm³/mol. The average molecular weight is 1030 g/mol. The third-order valence-corrected chi connectivity index (χ3v) is 15.1. The summed E-state index contributed by atoms with van der Waals surface area (Å²) in [4.78, 5) is 21.4. The minimum absolute atomic E-state index is 0.0949. The summed E-state index contributed by atoms with van der Waals surface area (Å²) >= 11 is 3.88. The Labute approximate surface area is 434 Å². The first-order valence-electron chi connectivity index (χ1n) is 23.8.